The first-order valence-corrected chi connectivity index (χ1v) is 9.02. The number of carbonyl (C=O) groups is 1. The minimum absolute atomic E-state index is 0.166. The number of anilines is 1. The van der Waals surface area contributed by atoms with Crippen LogP contribution in [0.1, 0.15) is 28.8 Å². The van der Waals surface area contributed by atoms with E-state index in [1.165, 1.54) is 0 Å². The van der Waals surface area contributed by atoms with Crippen molar-refractivity contribution in [3.63, 3.8) is 0 Å². The van der Waals surface area contributed by atoms with Crippen LogP contribution in [-0.2, 0) is 6.61 Å². The van der Waals surface area contributed by atoms with Gasteiger partial charge in [0.15, 0.2) is 0 Å². The number of nitrogens with two attached hydrogens (primary N) is 1. The van der Waals surface area contributed by atoms with Gasteiger partial charge < -0.3 is 15.8 Å². The predicted molar refractivity (Wildman–Crippen MR) is 105 cm³/mol. The van der Waals surface area contributed by atoms with Gasteiger partial charge in [-0.1, -0.05) is 42.5 Å². The lowest BCUT2D eigenvalue weighted by Crippen LogP contribution is -2.26. The third-order valence-corrected chi connectivity index (χ3v) is 4.49. The number of hydrogen-bond acceptors (Lipinski definition) is 4. The molecule has 1 aliphatic carbocycles. The number of hydrogen-bond donors (Lipinski definition) is 2. The van der Waals surface area contributed by atoms with Crippen molar-refractivity contribution < 1.29 is 9.53 Å². The molecule has 136 valence electrons. The molecule has 1 saturated carbocycles. The van der Waals surface area contributed by atoms with E-state index in [0.717, 1.165) is 35.3 Å². The average Bonchev–Trinajstić information content (AvgIpc) is 3.52. The summed E-state index contributed by atoms with van der Waals surface area (Å²) >= 11 is 0. The van der Waals surface area contributed by atoms with Crippen LogP contribution in [0.3, 0.4) is 0 Å². The molecule has 0 radical (unpaired) electrons. The van der Waals surface area contributed by atoms with E-state index in [-0.39, 0.29) is 17.8 Å². The van der Waals surface area contributed by atoms with Crippen molar-refractivity contribution in [2.45, 2.75) is 25.5 Å². The normalized spacial score (nSPS) is 13.2. The third kappa shape index (κ3) is 4.26. The van der Waals surface area contributed by atoms with Gasteiger partial charge >= 0.3 is 0 Å². The Hall–Kier alpha value is -3.34. The number of aromatic nitrogens is 1. The first-order chi connectivity index (χ1) is 13.2. The highest BCUT2D eigenvalue weighted by Gasteiger charge is 2.25. The Kier molecular flexibility index (Phi) is 4.75. The van der Waals surface area contributed by atoms with Crippen molar-refractivity contribution in [3.8, 4) is 16.9 Å². The van der Waals surface area contributed by atoms with Crippen molar-refractivity contribution in [3.05, 3.63) is 78.0 Å². The molecule has 0 spiro atoms. The molecule has 1 aliphatic rings. The maximum absolute atomic E-state index is 12.4. The van der Waals surface area contributed by atoms with Gasteiger partial charge in [0, 0.05) is 17.8 Å². The average molecular weight is 359 g/mol. The molecule has 27 heavy (non-hydrogen) atoms. The molecule has 5 nitrogen and oxygen atoms in total. The molecule has 1 fully saturated rings. The number of rotatable bonds is 6. The third-order valence-electron chi connectivity index (χ3n) is 4.49. The molecule has 5 heteroatoms. The zero-order chi connectivity index (χ0) is 18.6. The second-order valence-corrected chi connectivity index (χ2v) is 6.71. The van der Waals surface area contributed by atoms with Gasteiger partial charge in [0.2, 0.25) is 0 Å². The van der Waals surface area contributed by atoms with Crippen LogP contribution in [0, 0.1) is 0 Å². The Balaban J connectivity index is 1.53. The van der Waals surface area contributed by atoms with Gasteiger partial charge in [0.05, 0.1) is 5.56 Å². The second-order valence-electron chi connectivity index (χ2n) is 6.71. The van der Waals surface area contributed by atoms with Gasteiger partial charge in [0.25, 0.3) is 5.91 Å². The summed E-state index contributed by atoms with van der Waals surface area (Å²) in [6.45, 7) is 0.499. The number of nitrogen functional groups attached to an aromatic ring is 1. The van der Waals surface area contributed by atoms with Gasteiger partial charge in [-0.15, -0.1) is 0 Å². The SMILES string of the molecule is Nc1ncc(-c2cccc(OCc3ccccc3)c2)cc1C(=O)NC1CC1. The summed E-state index contributed by atoms with van der Waals surface area (Å²) in [6.07, 6.45) is 3.73. The van der Waals surface area contributed by atoms with Gasteiger partial charge in [-0.25, -0.2) is 4.98 Å². The van der Waals surface area contributed by atoms with Crippen molar-refractivity contribution in [2.75, 3.05) is 5.73 Å². The van der Waals surface area contributed by atoms with Crippen LogP contribution >= 0.6 is 0 Å². The van der Waals surface area contributed by atoms with Crippen molar-refractivity contribution >= 4 is 11.7 Å². The highest BCUT2D eigenvalue weighted by Crippen LogP contribution is 2.27. The maximum Gasteiger partial charge on any atom is 0.255 e. The van der Waals surface area contributed by atoms with Gasteiger partial charge in [-0.2, -0.15) is 0 Å². The molecule has 3 N–H and O–H groups in total. The van der Waals surface area contributed by atoms with Crippen LogP contribution < -0.4 is 15.8 Å². The number of amides is 1. The molecule has 0 atom stereocenters. The zero-order valence-electron chi connectivity index (χ0n) is 14.9. The molecule has 1 aromatic heterocycles. The van der Waals surface area contributed by atoms with Crippen LogP contribution in [0.15, 0.2) is 66.9 Å². The lowest BCUT2D eigenvalue weighted by atomic mass is 10.0. The van der Waals surface area contributed by atoms with E-state index in [0.29, 0.717) is 12.2 Å². The molecule has 0 unspecified atom stereocenters. The van der Waals surface area contributed by atoms with Crippen molar-refractivity contribution in [1.82, 2.24) is 10.3 Å². The number of nitrogens with one attached hydrogen (secondary N) is 1. The van der Waals surface area contributed by atoms with Crippen LogP contribution in [-0.4, -0.2) is 16.9 Å². The fraction of sp³-hybridized carbons (Fsp3) is 0.182. The molecule has 1 heterocycles. The number of benzene rings is 2. The summed E-state index contributed by atoms with van der Waals surface area (Å²) in [6, 6.07) is 19.8. The second kappa shape index (κ2) is 7.50. The largest absolute Gasteiger partial charge is 0.489 e. The number of nitrogens with zero attached hydrogens (tertiary/aromatic N) is 1. The Morgan fingerprint density at radius 1 is 1.07 bits per heavy atom. The van der Waals surface area contributed by atoms with E-state index in [1.54, 1.807) is 12.3 Å². The highest BCUT2D eigenvalue weighted by atomic mass is 16.5. The molecular formula is C22H21N3O2. The lowest BCUT2D eigenvalue weighted by molar-refractivity contribution is 0.0951. The number of pyridine rings is 1. The first-order valence-electron chi connectivity index (χ1n) is 9.02. The van der Waals surface area contributed by atoms with E-state index in [2.05, 4.69) is 10.3 Å². The monoisotopic (exact) mass is 359 g/mol. The molecule has 2 aromatic carbocycles. The first kappa shape index (κ1) is 17.1. The Labute approximate surface area is 158 Å². The Bertz CT molecular complexity index is 953. The van der Waals surface area contributed by atoms with Crippen molar-refractivity contribution in [2.24, 2.45) is 0 Å². The summed E-state index contributed by atoms with van der Waals surface area (Å²) in [4.78, 5) is 16.6. The van der Waals surface area contributed by atoms with E-state index >= 15 is 0 Å². The Morgan fingerprint density at radius 2 is 1.89 bits per heavy atom. The van der Waals surface area contributed by atoms with Gasteiger partial charge in [-0.05, 0) is 42.2 Å². The summed E-state index contributed by atoms with van der Waals surface area (Å²) in [7, 11) is 0. The maximum atomic E-state index is 12.4. The lowest BCUT2D eigenvalue weighted by Gasteiger charge is -2.10. The molecular weight excluding hydrogens is 338 g/mol. The standard InChI is InChI=1S/C22H21N3O2/c23-21-20(22(26)25-18-9-10-18)12-17(13-24-21)16-7-4-8-19(11-16)27-14-15-5-2-1-3-6-15/h1-8,11-13,18H,9-10,14H2,(H2,23,24)(H,25,26). The summed E-state index contributed by atoms with van der Waals surface area (Å²) < 4.78 is 5.89. The summed E-state index contributed by atoms with van der Waals surface area (Å²) in [5, 5.41) is 2.96. The van der Waals surface area contributed by atoms with Gasteiger partial charge in [-0.3, -0.25) is 4.79 Å². The number of carbonyl (C=O) groups excluding carboxylic acids is 1. The van der Waals surface area contributed by atoms with E-state index in [9.17, 15) is 4.79 Å². The van der Waals surface area contributed by atoms with E-state index < -0.39 is 0 Å². The smallest absolute Gasteiger partial charge is 0.255 e. The van der Waals surface area contributed by atoms with Crippen molar-refractivity contribution in [1.29, 1.82) is 0 Å². The van der Waals surface area contributed by atoms with Gasteiger partial charge in [0.1, 0.15) is 18.2 Å². The molecule has 4 rings (SSSR count). The van der Waals surface area contributed by atoms with E-state index in [4.69, 9.17) is 10.5 Å². The summed E-state index contributed by atoms with van der Waals surface area (Å²) in [5.74, 6) is 0.839. The van der Waals surface area contributed by atoms with Crippen LogP contribution in [0.4, 0.5) is 5.82 Å². The molecule has 3 aromatic rings. The molecule has 0 saturated heterocycles. The minimum atomic E-state index is -0.166. The Morgan fingerprint density at radius 3 is 2.67 bits per heavy atom. The fourth-order valence-corrected chi connectivity index (χ4v) is 2.81. The molecule has 0 aliphatic heterocycles. The fourth-order valence-electron chi connectivity index (χ4n) is 2.81. The van der Waals surface area contributed by atoms with Crippen LogP contribution in [0.5, 0.6) is 5.75 Å². The zero-order valence-corrected chi connectivity index (χ0v) is 14.9. The van der Waals surface area contributed by atoms with E-state index in [1.807, 2.05) is 54.6 Å². The van der Waals surface area contributed by atoms with Crippen LogP contribution in [0.2, 0.25) is 0 Å². The van der Waals surface area contributed by atoms with Crippen LogP contribution in [0.25, 0.3) is 11.1 Å². The summed E-state index contributed by atoms with van der Waals surface area (Å²) in [5.41, 5.74) is 9.18. The molecule has 0 bridgehead atoms. The highest BCUT2D eigenvalue weighted by molar-refractivity contribution is 5.99. The topological polar surface area (TPSA) is 77.2 Å². The minimum Gasteiger partial charge on any atom is -0.489 e. The predicted octanol–water partition coefficient (Wildman–Crippen LogP) is 3.80. The molecule has 1 amide bonds. The quantitative estimate of drug-likeness (QED) is 0.702. The number of ether oxygens (including phenoxy) is 1.